The van der Waals surface area contributed by atoms with Crippen LogP contribution in [-0.4, -0.2) is 28.6 Å². The van der Waals surface area contributed by atoms with Crippen molar-refractivity contribution in [1.29, 1.82) is 0 Å². The van der Waals surface area contributed by atoms with E-state index in [2.05, 4.69) is 23.5 Å². The SMILES string of the molecule is CCC(CC)CN(CC)c1ccc(N)cc1S(=O)(=O)NC. The standard InChI is InChI=1S/C15H27N3O2S/c1-5-12(6-2)11-18(7-3)14-9-8-13(16)10-15(14)21(19,20)17-4/h8-10,12,17H,5-7,11,16H2,1-4H3. The van der Waals surface area contributed by atoms with Gasteiger partial charge in [0, 0.05) is 18.8 Å². The summed E-state index contributed by atoms with van der Waals surface area (Å²) in [6, 6.07) is 5.07. The van der Waals surface area contributed by atoms with Gasteiger partial charge >= 0.3 is 0 Å². The van der Waals surface area contributed by atoms with Gasteiger partial charge in [0.05, 0.1) is 5.69 Å². The second-order valence-electron chi connectivity index (χ2n) is 5.16. The van der Waals surface area contributed by atoms with Crippen LogP contribution in [0.25, 0.3) is 0 Å². The van der Waals surface area contributed by atoms with Crippen LogP contribution in [0.2, 0.25) is 0 Å². The summed E-state index contributed by atoms with van der Waals surface area (Å²) in [4.78, 5) is 2.36. The number of hydrogen-bond acceptors (Lipinski definition) is 4. The third-order valence-electron chi connectivity index (χ3n) is 3.90. The molecule has 0 saturated heterocycles. The number of hydrogen-bond donors (Lipinski definition) is 2. The zero-order chi connectivity index (χ0) is 16.0. The Balaban J connectivity index is 3.27. The number of nitrogens with zero attached hydrogens (tertiary/aromatic N) is 1. The largest absolute Gasteiger partial charge is 0.399 e. The summed E-state index contributed by atoms with van der Waals surface area (Å²) in [5.74, 6) is 0.549. The molecule has 0 fully saturated rings. The van der Waals surface area contributed by atoms with Crippen molar-refractivity contribution >= 4 is 21.4 Å². The fourth-order valence-corrected chi connectivity index (χ4v) is 3.36. The first-order valence-electron chi connectivity index (χ1n) is 7.47. The van der Waals surface area contributed by atoms with Crippen LogP contribution < -0.4 is 15.4 Å². The van der Waals surface area contributed by atoms with Gasteiger partial charge in [0.25, 0.3) is 0 Å². The van der Waals surface area contributed by atoms with Crippen molar-refractivity contribution in [1.82, 2.24) is 4.72 Å². The maximum atomic E-state index is 12.2. The molecule has 21 heavy (non-hydrogen) atoms. The Kier molecular flexibility index (Phi) is 6.48. The van der Waals surface area contributed by atoms with Crippen molar-refractivity contribution in [3.05, 3.63) is 18.2 Å². The van der Waals surface area contributed by atoms with Crippen molar-refractivity contribution < 1.29 is 8.42 Å². The molecule has 5 nitrogen and oxygen atoms in total. The Hall–Kier alpha value is -1.27. The van der Waals surface area contributed by atoms with E-state index < -0.39 is 10.0 Å². The molecule has 1 aromatic rings. The van der Waals surface area contributed by atoms with Crippen LogP contribution in [0.4, 0.5) is 11.4 Å². The molecule has 0 atom stereocenters. The third kappa shape index (κ3) is 4.35. The van der Waals surface area contributed by atoms with Gasteiger partial charge in [0.15, 0.2) is 0 Å². The van der Waals surface area contributed by atoms with Gasteiger partial charge in [0.1, 0.15) is 4.90 Å². The molecule has 0 aliphatic carbocycles. The van der Waals surface area contributed by atoms with Crippen LogP contribution in [0.1, 0.15) is 33.6 Å². The molecule has 0 aliphatic heterocycles. The number of rotatable bonds is 8. The molecule has 1 aromatic carbocycles. The van der Waals surface area contributed by atoms with Gasteiger partial charge in [-0.25, -0.2) is 13.1 Å². The van der Waals surface area contributed by atoms with Crippen LogP contribution in [0, 0.1) is 5.92 Å². The number of nitrogen functional groups attached to an aromatic ring is 1. The van der Waals surface area contributed by atoms with Gasteiger partial charge in [-0.3, -0.25) is 0 Å². The second kappa shape index (κ2) is 7.66. The van der Waals surface area contributed by atoms with Crippen LogP contribution in [-0.2, 0) is 10.0 Å². The third-order valence-corrected chi connectivity index (χ3v) is 5.34. The van der Waals surface area contributed by atoms with E-state index in [0.29, 0.717) is 17.3 Å². The van der Waals surface area contributed by atoms with Gasteiger partial charge in [0.2, 0.25) is 10.0 Å². The molecule has 1 rings (SSSR count). The van der Waals surface area contributed by atoms with E-state index in [1.165, 1.54) is 13.1 Å². The molecule has 0 amide bonds. The van der Waals surface area contributed by atoms with E-state index >= 15 is 0 Å². The number of sulfonamides is 1. The van der Waals surface area contributed by atoms with E-state index in [1.54, 1.807) is 12.1 Å². The molecule has 0 heterocycles. The monoisotopic (exact) mass is 313 g/mol. The van der Waals surface area contributed by atoms with Crippen molar-refractivity contribution in [2.24, 2.45) is 5.92 Å². The van der Waals surface area contributed by atoms with Gasteiger partial charge in [-0.1, -0.05) is 26.7 Å². The molecule has 120 valence electrons. The second-order valence-corrected chi connectivity index (χ2v) is 7.01. The van der Waals surface area contributed by atoms with Crippen LogP contribution in [0.15, 0.2) is 23.1 Å². The van der Waals surface area contributed by atoms with E-state index in [9.17, 15) is 8.42 Å². The number of benzene rings is 1. The van der Waals surface area contributed by atoms with Crippen molar-refractivity contribution in [2.45, 2.75) is 38.5 Å². The van der Waals surface area contributed by atoms with E-state index in [-0.39, 0.29) is 4.90 Å². The first kappa shape index (κ1) is 17.8. The normalized spacial score (nSPS) is 11.9. The quantitative estimate of drug-likeness (QED) is 0.723. The molecular formula is C15H27N3O2S. The van der Waals surface area contributed by atoms with Crippen LogP contribution in [0.3, 0.4) is 0 Å². The Bertz CT molecular complexity index is 554. The fraction of sp³-hybridized carbons (Fsp3) is 0.600. The van der Waals surface area contributed by atoms with E-state index in [4.69, 9.17) is 5.73 Å². The molecule has 0 spiro atoms. The Labute approximate surface area is 128 Å². The maximum absolute atomic E-state index is 12.2. The maximum Gasteiger partial charge on any atom is 0.242 e. The predicted octanol–water partition coefficient (Wildman–Crippen LogP) is 2.44. The summed E-state index contributed by atoms with van der Waals surface area (Å²) in [6.07, 6.45) is 2.16. The predicted molar refractivity (Wildman–Crippen MR) is 89.1 cm³/mol. The summed E-state index contributed by atoms with van der Waals surface area (Å²) >= 11 is 0. The number of anilines is 2. The molecule has 3 N–H and O–H groups in total. The Morgan fingerprint density at radius 1 is 1.24 bits per heavy atom. The Morgan fingerprint density at radius 3 is 2.33 bits per heavy atom. The minimum Gasteiger partial charge on any atom is -0.399 e. The molecule has 0 saturated carbocycles. The first-order valence-corrected chi connectivity index (χ1v) is 8.95. The molecular weight excluding hydrogens is 286 g/mol. The van der Waals surface area contributed by atoms with Gasteiger partial charge in [-0.05, 0) is 38.1 Å². The lowest BCUT2D eigenvalue weighted by atomic mass is 10.0. The molecule has 0 radical (unpaired) electrons. The highest BCUT2D eigenvalue weighted by Gasteiger charge is 2.21. The Morgan fingerprint density at radius 2 is 1.86 bits per heavy atom. The number of nitrogens with two attached hydrogens (primary N) is 1. The lowest BCUT2D eigenvalue weighted by Crippen LogP contribution is -2.31. The first-order chi connectivity index (χ1) is 9.89. The molecule has 0 unspecified atom stereocenters. The zero-order valence-electron chi connectivity index (χ0n) is 13.4. The minimum atomic E-state index is -3.53. The number of nitrogens with one attached hydrogen (secondary N) is 1. The van der Waals surface area contributed by atoms with Crippen molar-refractivity contribution in [3.63, 3.8) is 0 Å². The smallest absolute Gasteiger partial charge is 0.242 e. The molecule has 6 heteroatoms. The van der Waals surface area contributed by atoms with E-state index in [1.807, 2.05) is 6.92 Å². The minimum absolute atomic E-state index is 0.248. The average Bonchev–Trinajstić information content (AvgIpc) is 2.49. The van der Waals surface area contributed by atoms with Crippen LogP contribution >= 0.6 is 0 Å². The van der Waals surface area contributed by atoms with Gasteiger partial charge in [-0.15, -0.1) is 0 Å². The molecule has 0 aromatic heterocycles. The summed E-state index contributed by atoms with van der Waals surface area (Å²) in [7, 11) is -2.11. The van der Waals surface area contributed by atoms with Crippen molar-refractivity contribution in [3.8, 4) is 0 Å². The molecule has 0 aliphatic rings. The van der Waals surface area contributed by atoms with Crippen LogP contribution in [0.5, 0.6) is 0 Å². The fourth-order valence-electron chi connectivity index (χ4n) is 2.37. The zero-order valence-corrected chi connectivity index (χ0v) is 14.2. The van der Waals surface area contributed by atoms with E-state index in [0.717, 1.165) is 25.9 Å². The highest BCUT2D eigenvalue weighted by atomic mass is 32.2. The van der Waals surface area contributed by atoms with Gasteiger partial charge < -0.3 is 10.6 Å². The topological polar surface area (TPSA) is 75.4 Å². The highest BCUT2D eigenvalue weighted by Crippen LogP contribution is 2.28. The highest BCUT2D eigenvalue weighted by molar-refractivity contribution is 7.89. The van der Waals surface area contributed by atoms with Crippen molar-refractivity contribution in [2.75, 3.05) is 30.8 Å². The molecule has 0 bridgehead atoms. The summed E-state index contributed by atoms with van der Waals surface area (Å²) in [5, 5.41) is 0. The summed E-state index contributed by atoms with van der Waals surface area (Å²) in [6.45, 7) is 7.97. The average molecular weight is 313 g/mol. The summed E-state index contributed by atoms with van der Waals surface area (Å²) in [5.41, 5.74) is 6.93. The summed E-state index contributed by atoms with van der Waals surface area (Å²) < 4.78 is 26.8. The lowest BCUT2D eigenvalue weighted by molar-refractivity contribution is 0.485. The van der Waals surface area contributed by atoms with Gasteiger partial charge in [-0.2, -0.15) is 0 Å². The lowest BCUT2D eigenvalue weighted by Gasteiger charge is -2.29.